The van der Waals surface area contributed by atoms with E-state index >= 15 is 0 Å². The number of hydrogen-bond donors (Lipinski definition) is 1. The minimum Gasteiger partial charge on any atom is -0.452 e. The number of ether oxygens (including phenoxy) is 2. The molecule has 0 bridgehead atoms. The van der Waals surface area contributed by atoms with Crippen molar-refractivity contribution in [2.45, 2.75) is 12.5 Å². The molecule has 1 aliphatic rings. The highest BCUT2D eigenvalue weighted by Gasteiger charge is 2.23. The summed E-state index contributed by atoms with van der Waals surface area (Å²) >= 11 is 0. The van der Waals surface area contributed by atoms with Crippen LogP contribution in [0.2, 0.25) is 0 Å². The molecule has 2 N–H and O–H groups in total. The van der Waals surface area contributed by atoms with Crippen molar-refractivity contribution < 1.29 is 14.3 Å². The van der Waals surface area contributed by atoms with E-state index in [0.717, 1.165) is 5.56 Å². The third-order valence-electron chi connectivity index (χ3n) is 3.51. The zero-order valence-corrected chi connectivity index (χ0v) is 12.2. The highest BCUT2D eigenvalue weighted by Crippen LogP contribution is 2.31. The van der Waals surface area contributed by atoms with Gasteiger partial charge >= 0.3 is 0 Å². The van der Waals surface area contributed by atoms with Crippen LogP contribution >= 0.6 is 0 Å². The molecule has 3 rings (SSSR count). The maximum absolute atomic E-state index is 12.4. The number of amides is 1. The van der Waals surface area contributed by atoms with Crippen LogP contribution in [0.3, 0.4) is 0 Å². The van der Waals surface area contributed by atoms with Gasteiger partial charge in [-0.2, -0.15) is 4.98 Å². The van der Waals surface area contributed by atoms with Crippen LogP contribution in [0, 0.1) is 0 Å². The van der Waals surface area contributed by atoms with Gasteiger partial charge in [-0.15, -0.1) is 0 Å². The van der Waals surface area contributed by atoms with Gasteiger partial charge in [0.05, 0.1) is 6.04 Å². The van der Waals surface area contributed by atoms with Crippen LogP contribution in [-0.2, 0) is 11.2 Å². The minimum atomic E-state index is -0.625. The standard InChI is InChI=1S/C16H17N3O3/c1-19(14-8-7-13-15(18-14)22-10-21-13)16(20)12(17)9-11-5-3-2-4-6-11/h2-8,12H,9-10,17H2,1H3. The number of pyridine rings is 1. The smallest absolute Gasteiger partial charge is 0.262 e. The number of benzene rings is 1. The zero-order valence-electron chi connectivity index (χ0n) is 12.2. The molecule has 1 aromatic carbocycles. The molecule has 1 aromatic heterocycles. The molecule has 1 amide bonds. The number of carbonyl (C=O) groups excluding carboxylic acids is 1. The van der Waals surface area contributed by atoms with E-state index in [1.165, 1.54) is 4.90 Å². The number of likely N-dealkylation sites (N-methyl/N-ethyl adjacent to an activating group) is 1. The second kappa shape index (κ2) is 6.03. The molecule has 0 aliphatic carbocycles. The first-order valence-electron chi connectivity index (χ1n) is 6.99. The van der Waals surface area contributed by atoms with Crippen LogP contribution in [-0.4, -0.2) is 30.8 Å². The highest BCUT2D eigenvalue weighted by molar-refractivity contribution is 5.96. The van der Waals surface area contributed by atoms with Crippen molar-refractivity contribution in [2.75, 3.05) is 18.7 Å². The molecule has 0 spiro atoms. The Morgan fingerprint density at radius 1 is 1.27 bits per heavy atom. The fourth-order valence-corrected chi connectivity index (χ4v) is 2.28. The van der Waals surface area contributed by atoms with E-state index in [-0.39, 0.29) is 12.7 Å². The van der Waals surface area contributed by atoms with Gasteiger partial charge in [0.2, 0.25) is 12.7 Å². The molecule has 0 fully saturated rings. The monoisotopic (exact) mass is 299 g/mol. The molecule has 0 saturated heterocycles. The number of carbonyl (C=O) groups is 1. The Labute approximate surface area is 128 Å². The van der Waals surface area contributed by atoms with Gasteiger partial charge in [-0.3, -0.25) is 9.69 Å². The third kappa shape index (κ3) is 2.87. The summed E-state index contributed by atoms with van der Waals surface area (Å²) in [6.45, 7) is 0.150. The number of nitrogens with two attached hydrogens (primary N) is 1. The van der Waals surface area contributed by atoms with Crippen molar-refractivity contribution in [2.24, 2.45) is 5.73 Å². The number of fused-ring (bicyclic) bond motifs is 1. The van der Waals surface area contributed by atoms with Crippen LogP contribution in [0.15, 0.2) is 42.5 Å². The second-order valence-corrected chi connectivity index (χ2v) is 5.07. The van der Waals surface area contributed by atoms with Gasteiger partial charge in [0.25, 0.3) is 5.88 Å². The summed E-state index contributed by atoms with van der Waals surface area (Å²) in [5.74, 6) is 1.26. The predicted molar refractivity (Wildman–Crippen MR) is 81.9 cm³/mol. The van der Waals surface area contributed by atoms with E-state index in [2.05, 4.69) is 4.98 Å². The van der Waals surface area contributed by atoms with Crippen LogP contribution in [0.25, 0.3) is 0 Å². The lowest BCUT2D eigenvalue weighted by atomic mass is 10.1. The SMILES string of the molecule is CN(C(=O)C(N)Cc1ccccc1)c1ccc2c(n1)OCO2. The molecule has 1 atom stereocenters. The fraction of sp³-hybridized carbons (Fsp3) is 0.250. The average Bonchev–Trinajstić information content (AvgIpc) is 3.02. The first-order chi connectivity index (χ1) is 10.6. The first-order valence-corrected chi connectivity index (χ1v) is 6.99. The molecule has 2 heterocycles. The molecule has 1 aliphatic heterocycles. The third-order valence-corrected chi connectivity index (χ3v) is 3.51. The van der Waals surface area contributed by atoms with E-state index in [0.29, 0.717) is 23.9 Å². The Hall–Kier alpha value is -2.60. The Bertz CT molecular complexity index is 676. The van der Waals surface area contributed by atoms with Gasteiger partial charge in [-0.25, -0.2) is 0 Å². The van der Waals surface area contributed by atoms with Crippen LogP contribution in [0.1, 0.15) is 5.56 Å². The normalized spacial score (nSPS) is 13.7. The number of hydrogen-bond acceptors (Lipinski definition) is 5. The summed E-state index contributed by atoms with van der Waals surface area (Å²) < 4.78 is 10.4. The van der Waals surface area contributed by atoms with Crippen LogP contribution in [0.4, 0.5) is 5.82 Å². The Kier molecular flexibility index (Phi) is 3.93. The van der Waals surface area contributed by atoms with Gasteiger partial charge in [-0.1, -0.05) is 30.3 Å². The van der Waals surface area contributed by atoms with Gasteiger partial charge < -0.3 is 15.2 Å². The van der Waals surface area contributed by atoms with E-state index in [1.54, 1.807) is 19.2 Å². The number of anilines is 1. The molecule has 0 saturated carbocycles. The van der Waals surface area contributed by atoms with Crippen LogP contribution < -0.4 is 20.1 Å². The van der Waals surface area contributed by atoms with Gasteiger partial charge in [0.15, 0.2) is 5.75 Å². The number of aromatic nitrogens is 1. The largest absolute Gasteiger partial charge is 0.452 e. The second-order valence-electron chi connectivity index (χ2n) is 5.07. The first kappa shape index (κ1) is 14.3. The molecule has 2 aromatic rings. The average molecular weight is 299 g/mol. The Morgan fingerprint density at radius 2 is 2.05 bits per heavy atom. The summed E-state index contributed by atoms with van der Waals surface area (Å²) in [5, 5.41) is 0. The van der Waals surface area contributed by atoms with E-state index in [9.17, 15) is 4.79 Å². The molecular weight excluding hydrogens is 282 g/mol. The molecule has 6 nitrogen and oxygen atoms in total. The number of nitrogens with zero attached hydrogens (tertiary/aromatic N) is 2. The maximum Gasteiger partial charge on any atom is 0.262 e. The fourth-order valence-electron chi connectivity index (χ4n) is 2.28. The maximum atomic E-state index is 12.4. The molecular formula is C16H17N3O3. The molecule has 22 heavy (non-hydrogen) atoms. The lowest BCUT2D eigenvalue weighted by Gasteiger charge is -2.20. The summed E-state index contributed by atoms with van der Waals surface area (Å²) in [7, 11) is 1.65. The topological polar surface area (TPSA) is 77.7 Å². The van der Waals surface area contributed by atoms with Crippen molar-refractivity contribution in [1.82, 2.24) is 4.98 Å². The molecule has 6 heteroatoms. The molecule has 0 radical (unpaired) electrons. The van der Waals surface area contributed by atoms with E-state index in [4.69, 9.17) is 15.2 Å². The zero-order chi connectivity index (χ0) is 15.5. The van der Waals surface area contributed by atoms with Gasteiger partial charge in [-0.05, 0) is 24.1 Å². The molecule has 1 unspecified atom stereocenters. The molecule has 114 valence electrons. The quantitative estimate of drug-likeness (QED) is 0.922. The predicted octanol–water partition coefficient (Wildman–Crippen LogP) is 1.34. The summed E-state index contributed by atoms with van der Waals surface area (Å²) in [6, 6.07) is 12.5. The van der Waals surface area contributed by atoms with Crippen LogP contribution in [0.5, 0.6) is 11.6 Å². The minimum absolute atomic E-state index is 0.150. The van der Waals surface area contributed by atoms with Crippen molar-refractivity contribution in [3.63, 3.8) is 0 Å². The van der Waals surface area contributed by atoms with Gasteiger partial charge in [0, 0.05) is 7.05 Å². The lowest BCUT2D eigenvalue weighted by Crippen LogP contribution is -2.43. The lowest BCUT2D eigenvalue weighted by molar-refractivity contribution is -0.119. The van der Waals surface area contributed by atoms with E-state index in [1.807, 2.05) is 30.3 Å². The van der Waals surface area contributed by atoms with Crippen molar-refractivity contribution in [3.05, 3.63) is 48.0 Å². The Balaban J connectivity index is 1.71. The van der Waals surface area contributed by atoms with Gasteiger partial charge in [0.1, 0.15) is 5.82 Å². The van der Waals surface area contributed by atoms with Crippen molar-refractivity contribution in [1.29, 1.82) is 0 Å². The highest BCUT2D eigenvalue weighted by atomic mass is 16.7. The van der Waals surface area contributed by atoms with Crippen molar-refractivity contribution in [3.8, 4) is 11.6 Å². The Morgan fingerprint density at radius 3 is 2.82 bits per heavy atom. The van der Waals surface area contributed by atoms with E-state index < -0.39 is 6.04 Å². The summed E-state index contributed by atoms with van der Waals surface area (Å²) in [5.41, 5.74) is 7.05. The number of rotatable bonds is 4. The summed E-state index contributed by atoms with van der Waals surface area (Å²) in [4.78, 5) is 18.1. The summed E-state index contributed by atoms with van der Waals surface area (Å²) in [6.07, 6.45) is 0.481. The van der Waals surface area contributed by atoms with Crippen molar-refractivity contribution >= 4 is 11.7 Å².